The van der Waals surface area contributed by atoms with Gasteiger partial charge >= 0.3 is 0 Å². The maximum absolute atomic E-state index is 12.7. The molecule has 2 aromatic rings. The topological polar surface area (TPSA) is 75.7 Å². The van der Waals surface area contributed by atoms with Gasteiger partial charge in [0.1, 0.15) is 12.4 Å². The quantitative estimate of drug-likeness (QED) is 0.523. The Morgan fingerprint density at radius 2 is 1.72 bits per heavy atom. The Morgan fingerprint density at radius 3 is 2.34 bits per heavy atom. The summed E-state index contributed by atoms with van der Waals surface area (Å²) in [4.78, 5) is 12.4. The molecule has 1 N–H and O–H groups in total. The van der Waals surface area contributed by atoms with Gasteiger partial charge in [-0.25, -0.2) is 12.7 Å². The molecule has 9 heteroatoms. The lowest BCUT2D eigenvalue weighted by atomic mass is 9.97. The zero-order chi connectivity index (χ0) is 23.1. The third kappa shape index (κ3) is 6.85. The lowest BCUT2D eigenvalue weighted by Crippen LogP contribution is -2.43. The van der Waals surface area contributed by atoms with Crippen molar-refractivity contribution < 1.29 is 17.9 Å². The maximum atomic E-state index is 12.7. The molecule has 0 bridgehead atoms. The number of carbonyl (C=O) groups excluding carboxylic acids is 1. The molecule has 2 aromatic carbocycles. The Balaban J connectivity index is 1.40. The van der Waals surface area contributed by atoms with Crippen LogP contribution in [0.1, 0.15) is 30.9 Å². The molecule has 0 aromatic heterocycles. The van der Waals surface area contributed by atoms with E-state index < -0.39 is 10.0 Å². The predicted molar refractivity (Wildman–Crippen MR) is 128 cm³/mol. The van der Waals surface area contributed by atoms with E-state index in [1.165, 1.54) is 9.87 Å². The van der Waals surface area contributed by atoms with E-state index in [4.69, 9.17) is 27.9 Å². The first-order valence-electron chi connectivity index (χ1n) is 10.7. The minimum atomic E-state index is -3.49. The molecule has 3 rings (SSSR count). The summed E-state index contributed by atoms with van der Waals surface area (Å²) >= 11 is 11.9. The zero-order valence-corrected chi connectivity index (χ0v) is 20.3. The van der Waals surface area contributed by atoms with Gasteiger partial charge in [0.2, 0.25) is 15.9 Å². The Bertz CT molecular complexity index is 1020. The van der Waals surface area contributed by atoms with Crippen LogP contribution >= 0.6 is 23.2 Å². The Morgan fingerprint density at radius 1 is 1.06 bits per heavy atom. The summed E-state index contributed by atoms with van der Waals surface area (Å²) in [5.74, 6) is 0.376. The molecule has 1 amide bonds. The largest absolute Gasteiger partial charge is 0.492 e. The second-order valence-corrected chi connectivity index (χ2v) is 10.6. The molecule has 6 nitrogen and oxygen atoms in total. The summed E-state index contributed by atoms with van der Waals surface area (Å²) < 4.78 is 32.6. The number of nitrogens with zero attached hydrogens (tertiary/aromatic N) is 1. The molecule has 0 unspecified atom stereocenters. The maximum Gasteiger partial charge on any atom is 0.223 e. The lowest BCUT2D eigenvalue weighted by molar-refractivity contribution is -0.126. The molecule has 1 heterocycles. The molecule has 174 valence electrons. The van der Waals surface area contributed by atoms with Gasteiger partial charge in [-0.2, -0.15) is 0 Å². The van der Waals surface area contributed by atoms with Gasteiger partial charge in [0.15, 0.2) is 0 Å². The second kappa shape index (κ2) is 11.4. The summed E-state index contributed by atoms with van der Waals surface area (Å²) in [6.45, 7) is 3.53. The van der Waals surface area contributed by atoms with E-state index in [0.29, 0.717) is 54.7 Å². The number of sulfonamides is 1. The monoisotopic (exact) mass is 498 g/mol. The van der Waals surface area contributed by atoms with Gasteiger partial charge in [0, 0.05) is 19.0 Å². The minimum absolute atomic E-state index is 0.0588. The third-order valence-corrected chi connectivity index (χ3v) is 8.14. The molecule has 0 atom stereocenters. The highest BCUT2D eigenvalue weighted by Gasteiger charge is 2.31. The summed E-state index contributed by atoms with van der Waals surface area (Å²) in [5, 5.41) is 3.61. The number of hydrogen-bond donors (Lipinski definition) is 1. The Kier molecular flexibility index (Phi) is 8.82. The fourth-order valence-corrected chi connectivity index (χ4v) is 5.51. The van der Waals surface area contributed by atoms with Gasteiger partial charge in [0.05, 0.1) is 22.3 Å². The van der Waals surface area contributed by atoms with E-state index in [-0.39, 0.29) is 17.6 Å². The fraction of sp³-hybridized carbons (Fsp3) is 0.435. The number of amides is 1. The van der Waals surface area contributed by atoms with Crippen molar-refractivity contribution in [2.75, 3.05) is 26.2 Å². The van der Waals surface area contributed by atoms with E-state index in [0.717, 1.165) is 12.2 Å². The average molecular weight is 499 g/mol. The number of halogens is 2. The SMILES string of the molecule is CCc1ccc(OCCNC(=O)C2CCN(S(=O)(=O)Cc3ccc(Cl)c(Cl)c3)CC2)cc1. The average Bonchev–Trinajstić information content (AvgIpc) is 2.79. The molecule has 1 saturated heterocycles. The molecule has 0 radical (unpaired) electrons. The molecule has 1 aliphatic heterocycles. The lowest BCUT2D eigenvalue weighted by Gasteiger charge is -2.30. The normalized spacial score (nSPS) is 15.5. The van der Waals surface area contributed by atoms with Crippen LogP contribution in [0.5, 0.6) is 5.75 Å². The van der Waals surface area contributed by atoms with Gasteiger partial charge in [0.25, 0.3) is 0 Å². The first-order valence-corrected chi connectivity index (χ1v) is 13.1. The molecular weight excluding hydrogens is 471 g/mol. The standard InChI is InChI=1S/C23H28Cl2N2O4S/c1-2-17-3-6-20(7-4-17)31-14-11-26-23(28)19-9-12-27(13-10-19)32(29,30)16-18-5-8-21(24)22(25)15-18/h3-8,15,19H,2,9-14,16H2,1H3,(H,26,28). The third-order valence-electron chi connectivity index (χ3n) is 5.55. The first kappa shape index (κ1) is 24.8. The van der Waals surface area contributed by atoms with Crippen LogP contribution in [-0.2, 0) is 27.0 Å². The van der Waals surface area contributed by atoms with Gasteiger partial charge in [-0.3, -0.25) is 4.79 Å². The molecule has 0 spiro atoms. The number of nitrogens with one attached hydrogen (secondary N) is 1. The molecular formula is C23H28Cl2N2O4S. The fourth-order valence-electron chi connectivity index (χ4n) is 3.64. The number of aryl methyl sites for hydroxylation is 1. The predicted octanol–water partition coefficient (Wildman–Crippen LogP) is 4.29. The van der Waals surface area contributed by atoms with E-state index >= 15 is 0 Å². The van der Waals surface area contributed by atoms with E-state index in [2.05, 4.69) is 12.2 Å². The zero-order valence-electron chi connectivity index (χ0n) is 18.0. The highest BCUT2D eigenvalue weighted by atomic mass is 35.5. The van der Waals surface area contributed by atoms with Crippen LogP contribution in [0.15, 0.2) is 42.5 Å². The van der Waals surface area contributed by atoms with Crippen LogP contribution in [0, 0.1) is 5.92 Å². The smallest absolute Gasteiger partial charge is 0.223 e. The van der Waals surface area contributed by atoms with Gasteiger partial charge in [-0.15, -0.1) is 0 Å². The number of hydrogen-bond acceptors (Lipinski definition) is 4. The summed E-state index contributed by atoms with van der Waals surface area (Å²) in [7, 11) is -3.49. The number of ether oxygens (including phenoxy) is 1. The first-order chi connectivity index (χ1) is 15.3. The number of carbonyl (C=O) groups is 1. The van der Waals surface area contributed by atoms with Crippen molar-refractivity contribution in [3.8, 4) is 5.75 Å². The van der Waals surface area contributed by atoms with E-state index in [1.807, 2.05) is 24.3 Å². The van der Waals surface area contributed by atoms with Crippen molar-refractivity contribution in [1.29, 1.82) is 0 Å². The number of benzene rings is 2. The van der Waals surface area contributed by atoms with Crippen molar-refractivity contribution in [1.82, 2.24) is 9.62 Å². The summed E-state index contributed by atoms with van der Waals surface area (Å²) in [6.07, 6.45) is 1.96. The summed E-state index contributed by atoms with van der Waals surface area (Å²) in [6, 6.07) is 12.7. The van der Waals surface area contributed by atoms with Crippen LogP contribution in [0.2, 0.25) is 10.0 Å². The molecule has 0 aliphatic carbocycles. The highest BCUT2D eigenvalue weighted by Crippen LogP contribution is 2.26. The molecule has 32 heavy (non-hydrogen) atoms. The van der Waals surface area contributed by atoms with E-state index in [1.54, 1.807) is 18.2 Å². The van der Waals surface area contributed by atoms with Crippen LogP contribution in [0.3, 0.4) is 0 Å². The Labute approximate surface area is 199 Å². The Hall–Kier alpha value is -1.80. The van der Waals surface area contributed by atoms with Gasteiger partial charge in [-0.05, 0) is 54.7 Å². The van der Waals surface area contributed by atoms with Crippen molar-refractivity contribution in [3.63, 3.8) is 0 Å². The van der Waals surface area contributed by atoms with Crippen molar-refractivity contribution in [3.05, 3.63) is 63.6 Å². The second-order valence-electron chi connectivity index (χ2n) is 7.81. The molecule has 1 aliphatic rings. The van der Waals surface area contributed by atoms with Crippen LogP contribution in [-0.4, -0.2) is 44.9 Å². The number of rotatable bonds is 9. The van der Waals surface area contributed by atoms with Crippen LogP contribution < -0.4 is 10.1 Å². The van der Waals surface area contributed by atoms with Crippen molar-refractivity contribution >= 4 is 39.1 Å². The highest BCUT2D eigenvalue weighted by molar-refractivity contribution is 7.88. The van der Waals surface area contributed by atoms with Crippen LogP contribution in [0.4, 0.5) is 0 Å². The van der Waals surface area contributed by atoms with E-state index in [9.17, 15) is 13.2 Å². The van der Waals surface area contributed by atoms with Crippen LogP contribution in [0.25, 0.3) is 0 Å². The molecule has 1 fully saturated rings. The molecule has 0 saturated carbocycles. The van der Waals surface area contributed by atoms with Gasteiger partial charge in [-0.1, -0.05) is 48.3 Å². The summed E-state index contributed by atoms with van der Waals surface area (Å²) in [5.41, 5.74) is 1.83. The number of piperidine rings is 1. The van der Waals surface area contributed by atoms with Crippen molar-refractivity contribution in [2.45, 2.75) is 31.9 Å². The minimum Gasteiger partial charge on any atom is -0.492 e. The van der Waals surface area contributed by atoms with Crippen molar-refractivity contribution in [2.24, 2.45) is 5.92 Å². The van der Waals surface area contributed by atoms with Gasteiger partial charge < -0.3 is 10.1 Å².